The van der Waals surface area contributed by atoms with Gasteiger partial charge in [-0.1, -0.05) is 33.4 Å². The van der Waals surface area contributed by atoms with Crippen LogP contribution in [0.5, 0.6) is 6.01 Å². The van der Waals surface area contributed by atoms with Gasteiger partial charge in [0.05, 0.1) is 0 Å². The van der Waals surface area contributed by atoms with Crippen molar-refractivity contribution in [2.24, 2.45) is 5.41 Å². The first kappa shape index (κ1) is 16.7. The van der Waals surface area contributed by atoms with Gasteiger partial charge in [-0.05, 0) is 37.3 Å². The predicted octanol–water partition coefficient (Wildman–Crippen LogP) is 3.72. The third-order valence-corrected chi connectivity index (χ3v) is 2.51. The first-order valence-corrected chi connectivity index (χ1v) is 6.92. The average molecular weight is 299 g/mol. The van der Waals surface area contributed by atoms with Crippen LogP contribution >= 0.6 is 11.6 Å². The number of hydrogen-bond donors (Lipinski definition) is 1. The Kier molecular flexibility index (Phi) is 5.34. The lowest BCUT2D eigenvalue weighted by Crippen LogP contribution is -2.36. The predicted molar refractivity (Wildman–Crippen MR) is 82.3 cm³/mol. The van der Waals surface area contributed by atoms with Crippen molar-refractivity contribution in [1.82, 2.24) is 15.0 Å². The van der Waals surface area contributed by atoms with E-state index in [-0.39, 0.29) is 22.2 Å². The van der Waals surface area contributed by atoms with Crippen LogP contribution < -0.4 is 10.1 Å². The van der Waals surface area contributed by atoms with Crippen molar-refractivity contribution in [2.75, 3.05) is 11.9 Å². The number of nitrogens with zero attached hydrogens (tertiary/aromatic N) is 3. The summed E-state index contributed by atoms with van der Waals surface area (Å²) in [5, 5.41) is 3.38. The van der Waals surface area contributed by atoms with E-state index in [1.807, 2.05) is 0 Å². The maximum absolute atomic E-state index is 5.88. The molecular weight excluding hydrogens is 276 g/mol. The second-order valence-corrected chi connectivity index (χ2v) is 6.89. The Balaban J connectivity index is 2.85. The smallest absolute Gasteiger partial charge is 0.322 e. The molecule has 0 spiro atoms. The molecule has 0 fully saturated rings. The zero-order chi connectivity index (χ0) is 15.4. The molecule has 112 valence electrons. The molecule has 0 atom stereocenters. The first-order chi connectivity index (χ1) is 9.11. The van der Waals surface area contributed by atoms with Gasteiger partial charge >= 0.3 is 6.01 Å². The number of rotatable bonds is 6. The fourth-order valence-electron chi connectivity index (χ4n) is 2.26. The highest BCUT2D eigenvalue weighted by atomic mass is 35.5. The lowest BCUT2D eigenvalue weighted by Gasteiger charge is -2.33. The van der Waals surface area contributed by atoms with Crippen LogP contribution in [0.1, 0.15) is 41.0 Å². The number of halogens is 1. The number of hydrogen-bond acceptors (Lipinski definition) is 5. The van der Waals surface area contributed by atoms with Crippen LogP contribution in [0.4, 0.5) is 5.95 Å². The molecule has 0 aliphatic rings. The molecule has 0 unspecified atom stereocenters. The van der Waals surface area contributed by atoms with Crippen LogP contribution in [0.3, 0.4) is 0 Å². The third-order valence-electron chi connectivity index (χ3n) is 2.34. The molecule has 1 aromatic rings. The summed E-state index contributed by atoms with van der Waals surface area (Å²) in [4.78, 5) is 12.2. The van der Waals surface area contributed by atoms with Gasteiger partial charge in [0.15, 0.2) is 0 Å². The monoisotopic (exact) mass is 298 g/mol. The molecule has 0 saturated carbocycles. The van der Waals surface area contributed by atoms with Crippen molar-refractivity contribution in [3.8, 4) is 6.01 Å². The maximum atomic E-state index is 5.88. The van der Waals surface area contributed by atoms with Gasteiger partial charge in [-0.3, -0.25) is 0 Å². The second-order valence-electron chi connectivity index (χ2n) is 6.56. The normalized spacial score (nSPS) is 12.1. The highest BCUT2D eigenvalue weighted by Crippen LogP contribution is 2.29. The zero-order valence-electron chi connectivity index (χ0n) is 12.8. The molecule has 0 radical (unpaired) electrons. The summed E-state index contributed by atoms with van der Waals surface area (Å²) in [6.45, 7) is 14.7. The summed E-state index contributed by atoms with van der Waals surface area (Å²) in [5.74, 6) is 0.415. The summed E-state index contributed by atoms with van der Waals surface area (Å²) in [7, 11) is 0. The minimum Gasteiger partial charge on any atom is -0.459 e. The number of ether oxygens (including phenoxy) is 1. The zero-order valence-corrected chi connectivity index (χ0v) is 13.6. The molecular formula is C14H23ClN4O. The van der Waals surface area contributed by atoms with Crippen LogP contribution in [0.15, 0.2) is 12.7 Å². The summed E-state index contributed by atoms with van der Waals surface area (Å²) >= 11 is 5.88. The van der Waals surface area contributed by atoms with Gasteiger partial charge in [-0.15, -0.1) is 0 Å². The first-order valence-electron chi connectivity index (χ1n) is 6.55. The van der Waals surface area contributed by atoms with E-state index in [0.717, 1.165) is 6.42 Å². The summed E-state index contributed by atoms with van der Waals surface area (Å²) in [5.41, 5.74) is 0.0220. The van der Waals surface area contributed by atoms with E-state index in [9.17, 15) is 0 Å². The molecule has 0 aromatic carbocycles. The topological polar surface area (TPSA) is 59.9 Å². The van der Waals surface area contributed by atoms with Crippen molar-refractivity contribution < 1.29 is 4.74 Å². The molecule has 1 heterocycles. The van der Waals surface area contributed by atoms with Gasteiger partial charge in [-0.25, -0.2) is 0 Å². The van der Waals surface area contributed by atoms with Gasteiger partial charge < -0.3 is 10.1 Å². The highest BCUT2D eigenvalue weighted by molar-refractivity contribution is 6.28. The lowest BCUT2D eigenvalue weighted by molar-refractivity contribution is 0.300. The van der Waals surface area contributed by atoms with E-state index in [0.29, 0.717) is 12.6 Å². The number of aromatic nitrogens is 3. The largest absolute Gasteiger partial charge is 0.459 e. The minimum atomic E-state index is -0.168. The molecule has 6 heteroatoms. The summed E-state index contributed by atoms with van der Waals surface area (Å²) in [6, 6.07) is 0.193. The van der Waals surface area contributed by atoms with Crippen LogP contribution in [0.25, 0.3) is 0 Å². The van der Waals surface area contributed by atoms with Crippen LogP contribution in [-0.4, -0.2) is 27.1 Å². The van der Waals surface area contributed by atoms with Gasteiger partial charge in [-0.2, -0.15) is 15.0 Å². The molecule has 1 rings (SSSR count). The van der Waals surface area contributed by atoms with Gasteiger partial charge in [0, 0.05) is 5.54 Å². The Morgan fingerprint density at radius 1 is 1.20 bits per heavy atom. The summed E-state index contributed by atoms with van der Waals surface area (Å²) < 4.78 is 5.29. The Morgan fingerprint density at radius 3 is 2.40 bits per heavy atom. The molecule has 0 aliphatic heterocycles. The fourth-order valence-corrected chi connectivity index (χ4v) is 2.41. The quantitative estimate of drug-likeness (QED) is 0.811. The van der Waals surface area contributed by atoms with Crippen LogP contribution in [-0.2, 0) is 0 Å². The molecule has 0 bridgehead atoms. The van der Waals surface area contributed by atoms with E-state index < -0.39 is 0 Å². The Bertz CT molecular complexity index is 469. The molecule has 0 saturated heterocycles. The van der Waals surface area contributed by atoms with Crippen molar-refractivity contribution in [3.05, 3.63) is 17.9 Å². The van der Waals surface area contributed by atoms with Crippen molar-refractivity contribution in [1.29, 1.82) is 0 Å². The molecule has 0 aliphatic carbocycles. The SMILES string of the molecule is C=CCOc1nc(Cl)nc(NC(C)(C)CC(C)(C)C)n1. The van der Waals surface area contributed by atoms with Gasteiger partial charge in [0.1, 0.15) is 6.61 Å². The number of nitrogens with one attached hydrogen (secondary N) is 1. The lowest BCUT2D eigenvalue weighted by atomic mass is 9.82. The van der Waals surface area contributed by atoms with Crippen molar-refractivity contribution in [2.45, 2.75) is 46.6 Å². The van der Waals surface area contributed by atoms with E-state index in [4.69, 9.17) is 16.3 Å². The maximum Gasteiger partial charge on any atom is 0.322 e. The standard InChI is InChI=1S/C14H23ClN4O/c1-7-8-20-12-17-10(15)16-11(18-12)19-14(5,6)9-13(2,3)4/h7H,1,8-9H2,2-6H3,(H,16,17,18,19). The van der Waals surface area contributed by atoms with E-state index in [2.05, 4.69) is 61.5 Å². The van der Waals surface area contributed by atoms with E-state index >= 15 is 0 Å². The van der Waals surface area contributed by atoms with Crippen LogP contribution in [0, 0.1) is 5.41 Å². The molecule has 5 nitrogen and oxygen atoms in total. The van der Waals surface area contributed by atoms with Crippen molar-refractivity contribution >= 4 is 17.5 Å². The minimum absolute atomic E-state index is 0.105. The molecule has 20 heavy (non-hydrogen) atoms. The summed E-state index contributed by atoms with van der Waals surface area (Å²) in [6.07, 6.45) is 2.57. The van der Waals surface area contributed by atoms with Crippen molar-refractivity contribution in [3.63, 3.8) is 0 Å². The Hall–Kier alpha value is -1.36. The van der Waals surface area contributed by atoms with E-state index in [1.165, 1.54) is 0 Å². The second kappa shape index (κ2) is 6.39. The Labute approximate surface area is 125 Å². The average Bonchev–Trinajstić information content (AvgIpc) is 2.21. The molecule has 0 amide bonds. The molecule has 1 aromatic heterocycles. The molecule has 1 N–H and O–H groups in total. The third kappa shape index (κ3) is 6.19. The highest BCUT2D eigenvalue weighted by Gasteiger charge is 2.26. The fraction of sp³-hybridized carbons (Fsp3) is 0.643. The van der Waals surface area contributed by atoms with Gasteiger partial charge in [0.2, 0.25) is 11.2 Å². The van der Waals surface area contributed by atoms with Crippen LogP contribution in [0.2, 0.25) is 5.28 Å². The Morgan fingerprint density at radius 2 is 1.85 bits per heavy atom. The van der Waals surface area contributed by atoms with E-state index in [1.54, 1.807) is 6.08 Å². The van der Waals surface area contributed by atoms with Gasteiger partial charge in [0.25, 0.3) is 0 Å². The number of anilines is 1.